The molecule has 0 aromatic heterocycles. The fraction of sp³-hybridized carbons (Fsp3) is 0.609. The van der Waals surface area contributed by atoms with Crippen molar-refractivity contribution in [1.29, 1.82) is 0 Å². The van der Waals surface area contributed by atoms with E-state index in [9.17, 15) is 14.4 Å². The average molecular weight is 429 g/mol. The summed E-state index contributed by atoms with van der Waals surface area (Å²) in [5.41, 5.74) is 0.565. The predicted molar refractivity (Wildman–Crippen MR) is 119 cm³/mol. The molecular formula is C23H40O7. The van der Waals surface area contributed by atoms with Crippen molar-refractivity contribution >= 4 is 17.9 Å². The van der Waals surface area contributed by atoms with Crippen LogP contribution in [0, 0.1) is 0 Å². The van der Waals surface area contributed by atoms with Crippen molar-refractivity contribution in [2.45, 2.75) is 65.7 Å². The van der Waals surface area contributed by atoms with E-state index in [0.29, 0.717) is 25.2 Å². The third kappa shape index (κ3) is 27.8. The molecule has 0 saturated carbocycles. The van der Waals surface area contributed by atoms with E-state index < -0.39 is 5.97 Å². The largest absolute Gasteiger partial charge is 0.463 e. The number of esters is 3. The van der Waals surface area contributed by atoms with E-state index in [1.807, 2.05) is 13.8 Å². The van der Waals surface area contributed by atoms with Crippen molar-refractivity contribution in [3.8, 4) is 0 Å². The highest BCUT2D eigenvalue weighted by molar-refractivity contribution is 5.87. The number of hydrogen-bond donors (Lipinski definition) is 1. The van der Waals surface area contributed by atoms with Gasteiger partial charge in [0.05, 0.1) is 19.8 Å². The molecule has 0 heterocycles. The van der Waals surface area contributed by atoms with E-state index in [-0.39, 0.29) is 25.2 Å². The first-order valence-electron chi connectivity index (χ1n) is 10.4. The lowest BCUT2D eigenvalue weighted by Crippen LogP contribution is -2.07. The lowest BCUT2D eigenvalue weighted by atomic mass is 10.2. The quantitative estimate of drug-likeness (QED) is 0.191. The van der Waals surface area contributed by atoms with Crippen molar-refractivity contribution in [3.05, 3.63) is 37.5 Å². The molecule has 0 atom stereocenters. The number of carbonyl (C=O) groups excluding carboxylic acids is 3. The molecule has 174 valence electrons. The highest BCUT2D eigenvalue weighted by atomic mass is 16.5. The number of rotatable bonds is 14. The Bertz CT molecular complexity index is 484. The molecule has 0 aromatic carbocycles. The van der Waals surface area contributed by atoms with Crippen LogP contribution in [0.4, 0.5) is 0 Å². The van der Waals surface area contributed by atoms with Gasteiger partial charge in [-0.25, -0.2) is 14.4 Å². The van der Waals surface area contributed by atoms with Crippen LogP contribution in [0.3, 0.4) is 0 Å². The molecule has 0 aliphatic heterocycles. The minimum atomic E-state index is -0.501. The second kappa shape index (κ2) is 26.6. The van der Waals surface area contributed by atoms with E-state index >= 15 is 0 Å². The summed E-state index contributed by atoms with van der Waals surface area (Å²) in [4.78, 5) is 31.6. The molecule has 0 fully saturated rings. The summed E-state index contributed by atoms with van der Waals surface area (Å²) in [7, 11) is 0. The highest BCUT2D eigenvalue weighted by Crippen LogP contribution is 2.03. The van der Waals surface area contributed by atoms with Crippen LogP contribution in [0.25, 0.3) is 0 Å². The summed E-state index contributed by atoms with van der Waals surface area (Å²) >= 11 is 0. The Labute approximate surface area is 181 Å². The molecule has 0 aromatic rings. The van der Waals surface area contributed by atoms with Gasteiger partial charge in [0.1, 0.15) is 6.61 Å². The van der Waals surface area contributed by atoms with Crippen LogP contribution < -0.4 is 0 Å². The Morgan fingerprint density at radius 3 is 1.70 bits per heavy atom. The van der Waals surface area contributed by atoms with E-state index in [0.717, 1.165) is 31.8 Å². The third-order valence-electron chi connectivity index (χ3n) is 3.36. The normalized spacial score (nSPS) is 8.93. The van der Waals surface area contributed by atoms with Crippen molar-refractivity contribution in [2.24, 2.45) is 0 Å². The topological polar surface area (TPSA) is 99.1 Å². The minimum absolute atomic E-state index is 0.0465. The Morgan fingerprint density at radius 2 is 1.27 bits per heavy atom. The fourth-order valence-electron chi connectivity index (χ4n) is 1.52. The highest BCUT2D eigenvalue weighted by Gasteiger charge is 2.04. The Kier molecular flexibility index (Phi) is 28.6. The molecule has 0 amide bonds. The molecule has 0 aliphatic carbocycles. The Hall–Kier alpha value is -2.41. The van der Waals surface area contributed by atoms with E-state index in [4.69, 9.17) is 9.84 Å². The number of aliphatic hydroxyl groups is 1. The smallest absolute Gasteiger partial charge is 0.333 e. The zero-order valence-electron chi connectivity index (χ0n) is 19.0. The zero-order valence-corrected chi connectivity index (χ0v) is 19.0. The zero-order chi connectivity index (χ0) is 23.6. The minimum Gasteiger partial charge on any atom is -0.463 e. The molecule has 0 aliphatic rings. The van der Waals surface area contributed by atoms with Crippen molar-refractivity contribution in [1.82, 2.24) is 0 Å². The van der Waals surface area contributed by atoms with Gasteiger partial charge in [0.15, 0.2) is 0 Å². The molecule has 1 N–H and O–H groups in total. The van der Waals surface area contributed by atoms with Gasteiger partial charge >= 0.3 is 17.9 Å². The number of ether oxygens (including phenoxy) is 3. The molecule has 30 heavy (non-hydrogen) atoms. The molecule has 0 unspecified atom stereocenters. The molecule has 0 rings (SSSR count). The van der Waals surface area contributed by atoms with Gasteiger partial charge < -0.3 is 19.3 Å². The maximum absolute atomic E-state index is 11.1. The summed E-state index contributed by atoms with van der Waals surface area (Å²) in [5, 5.41) is 8.10. The maximum atomic E-state index is 11.1. The summed E-state index contributed by atoms with van der Waals surface area (Å²) in [6.45, 7) is 17.1. The van der Waals surface area contributed by atoms with Crippen LogP contribution in [-0.2, 0) is 28.6 Å². The van der Waals surface area contributed by atoms with Crippen LogP contribution >= 0.6 is 0 Å². The van der Waals surface area contributed by atoms with Gasteiger partial charge in [0.2, 0.25) is 0 Å². The van der Waals surface area contributed by atoms with Crippen molar-refractivity contribution < 1.29 is 33.7 Å². The van der Waals surface area contributed by atoms with E-state index in [2.05, 4.69) is 36.1 Å². The standard InChI is InChI=1S/C11H20O2.C7H12O2.C5H8O3/c1-4-6-7-8-9-13-11(12)10(3)5-2;1-3-5-6-9-7(8)4-2;1-2-5(7)8-4-3-6/h3-9H2,1-2H3;4H,2-3,5-6H2,1H3;2,6H,1,3-4H2. The number of aliphatic hydroxyl groups excluding tert-OH is 1. The molecule has 7 nitrogen and oxygen atoms in total. The molecule has 0 spiro atoms. The summed E-state index contributed by atoms with van der Waals surface area (Å²) in [6, 6.07) is 0. The predicted octanol–water partition coefficient (Wildman–Crippen LogP) is 4.30. The molecule has 0 bridgehead atoms. The van der Waals surface area contributed by atoms with Crippen LogP contribution in [0.1, 0.15) is 65.7 Å². The Morgan fingerprint density at radius 1 is 0.767 bits per heavy atom. The Balaban J connectivity index is -0.000000379. The molecular weight excluding hydrogens is 388 g/mol. The van der Waals surface area contributed by atoms with E-state index in [1.165, 1.54) is 18.9 Å². The second-order valence-electron chi connectivity index (χ2n) is 5.97. The second-order valence-corrected chi connectivity index (χ2v) is 5.97. The lowest BCUT2D eigenvalue weighted by molar-refractivity contribution is -0.139. The number of hydrogen-bond acceptors (Lipinski definition) is 7. The number of carbonyl (C=O) groups is 3. The molecule has 7 heteroatoms. The van der Waals surface area contributed by atoms with E-state index in [1.54, 1.807) is 0 Å². The van der Waals surface area contributed by atoms with Crippen molar-refractivity contribution in [2.75, 3.05) is 26.4 Å². The van der Waals surface area contributed by atoms with Gasteiger partial charge in [0, 0.05) is 17.7 Å². The number of unbranched alkanes of at least 4 members (excludes halogenated alkanes) is 4. The summed E-state index contributed by atoms with van der Waals surface area (Å²) < 4.78 is 14.0. The van der Waals surface area contributed by atoms with Gasteiger partial charge in [-0.1, -0.05) is 66.2 Å². The van der Waals surface area contributed by atoms with Crippen LogP contribution in [0.5, 0.6) is 0 Å². The monoisotopic (exact) mass is 428 g/mol. The van der Waals surface area contributed by atoms with Crippen LogP contribution in [-0.4, -0.2) is 49.4 Å². The van der Waals surface area contributed by atoms with Gasteiger partial charge in [-0.2, -0.15) is 0 Å². The summed E-state index contributed by atoms with van der Waals surface area (Å²) in [5.74, 6) is -1.07. The first-order valence-corrected chi connectivity index (χ1v) is 10.4. The molecule has 0 radical (unpaired) electrons. The van der Waals surface area contributed by atoms with Crippen LogP contribution in [0.15, 0.2) is 37.5 Å². The van der Waals surface area contributed by atoms with Gasteiger partial charge in [-0.15, -0.1) is 0 Å². The third-order valence-corrected chi connectivity index (χ3v) is 3.36. The lowest BCUT2D eigenvalue weighted by Gasteiger charge is -2.04. The summed E-state index contributed by atoms with van der Waals surface area (Å²) in [6.07, 6.45) is 9.41. The average Bonchev–Trinajstić information content (AvgIpc) is 2.77. The molecule has 0 saturated heterocycles. The first kappa shape index (κ1) is 32.3. The fourth-order valence-corrected chi connectivity index (χ4v) is 1.52. The van der Waals surface area contributed by atoms with Gasteiger partial charge in [-0.05, 0) is 19.3 Å². The van der Waals surface area contributed by atoms with Crippen LogP contribution in [0.2, 0.25) is 0 Å². The SMILES string of the molecule is C=C(CC)C(=O)OCCCCCC.C=CC(=O)OCCCC.C=CC(=O)OCCO. The van der Waals surface area contributed by atoms with Crippen molar-refractivity contribution in [3.63, 3.8) is 0 Å². The maximum Gasteiger partial charge on any atom is 0.333 e. The van der Waals surface area contributed by atoms with Gasteiger partial charge in [0.25, 0.3) is 0 Å². The first-order chi connectivity index (χ1) is 14.3. The van der Waals surface area contributed by atoms with Gasteiger partial charge in [-0.3, -0.25) is 0 Å².